The van der Waals surface area contributed by atoms with Gasteiger partial charge in [0.15, 0.2) is 0 Å². The number of fused-ring (bicyclic) bond motifs is 3. The van der Waals surface area contributed by atoms with Gasteiger partial charge in [-0.2, -0.15) is 0 Å². The molecule has 0 amide bonds. The van der Waals surface area contributed by atoms with Gasteiger partial charge >= 0.3 is 0 Å². The van der Waals surface area contributed by atoms with Gasteiger partial charge < -0.3 is 0 Å². The smallest absolute Gasteiger partial charge is 0.0625 e. The van der Waals surface area contributed by atoms with E-state index in [0.717, 1.165) is 24.8 Å². The van der Waals surface area contributed by atoms with Crippen LogP contribution in [0.4, 0.5) is 0 Å². The molecule has 0 spiro atoms. The van der Waals surface area contributed by atoms with Crippen LogP contribution < -0.4 is 0 Å². The lowest BCUT2D eigenvalue weighted by Gasteiger charge is -2.57. The standard InChI is InChI=1S/C20H32/c1-14(2)15-7-9-17-16(13-15)8-10-18-19(3,4)11-6-12-20(17,18)5/h8,13-14,17-18H,6-7,9-12H2,1-5H3/t17-,18?,20+/m0/s1/i1D,13D/t14-,17+,18?,20-/m1. The van der Waals surface area contributed by atoms with Gasteiger partial charge in [0.25, 0.3) is 0 Å². The maximum Gasteiger partial charge on any atom is 0.0625 e. The SMILES string of the molecule is [2H]C[C@H](C)C1=C([2H])C2=CCC3C(C)(C)CCC[C@]3(C)[C@H]2CC1. The average molecular weight is 274 g/mol. The van der Waals surface area contributed by atoms with Crippen molar-refractivity contribution < 1.29 is 2.74 Å². The molecule has 0 saturated heterocycles. The van der Waals surface area contributed by atoms with Crippen LogP contribution in [0.15, 0.2) is 23.3 Å². The third-order valence-corrected chi connectivity index (χ3v) is 6.62. The predicted octanol–water partition coefficient (Wildman–Crippen LogP) is 6.14. The molecular formula is C20H32. The van der Waals surface area contributed by atoms with E-state index in [-0.39, 0.29) is 5.92 Å². The molecule has 0 aromatic carbocycles. The van der Waals surface area contributed by atoms with Crippen LogP contribution in [0.1, 0.15) is 75.9 Å². The molecule has 0 aromatic heterocycles. The lowest BCUT2D eigenvalue weighted by Crippen LogP contribution is -2.49. The highest BCUT2D eigenvalue weighted by Gasteiger charge is 2.52. The van der Waals surface area contributed by atoms with E-state index in [2.05, 4.69) is 33.8 Å². The van der Waals surface area contributed by atoms with E-state index >= 15 is 0 Å². The van der Waals surface area contributed by atoms with E-state index < -0.39 is 0 Å². The average Bonchev–Trinajstić information content (AvgIpc) is 2.46. The van der Waals surface area contributed by atoms with Crippen molar-refractivity contribution >= 4 is 0 Å². The van der Waals surface area contributed by atoms with E-state index in [1.54, 1.807) is 0 Å². The Bertz CT molecular complexity index is 514. The largest absolute Gasteiger partial charge is 0.0807 e. The molecule has 0 radical (unpaired) electrons. The minimum absolute atomic E-state index is 0.252. The van der Waals surface area contributed by atoms with Crippen LogP contribution in [0.5, 0.6) is 0 Å². The molecule has 0 bridgehead atoms. The molecule has 0 heteroatoms. The Labute approximate surface area is 128 Å². The minimum atomic E-state index is 0.252. The molecule has 4 atom stereocenters. The first-order chi connectivity index (χ1) is 10.3. The van der Waals surface area contributed by atoms with Crippen molar-refractivity contribution in [1.82, 2.24) is 0 Å². The fourth-order valence-electron chi connectivity index (χ4n) is 5.45. The Hall–Kier alpha value is -0.520. The van der Waals surface area contributed by atoms with Crippen LogP contribution in [-0.4, -0.2) is 0 Å². The van der Waals surface area contributed by atoms with E-state index in [1.165, 1.54) is 36.8 Å². The lowest BCUT2D eigenvalue weighted by atomic mass is 9.47. The molecule has 1 fully saturated rings. The van der Waals surface area contributed by atoms with Crippen molar-refractivity contribution in [3.8, 4) is 0 Å². The second-order valence-electron chi connectivity index (χ2n) is 8.44. The number of rotatable bonds is 1. The van der Waals surface area contributed by atoms with Gasteiger partial charge in [0.1, 0.15) is 0 Å². The minimum Gasteiger partial charge on any atom is -0.0807 e. The maximum absolute atomic E-state index is 8.71. The zero-order chi connectivity index (χ0) is 16.1. The summed E-state index contributed by atoms with van der Waals surface area (Å²) in [5.41, 5.74) is 3.40. The summed E-state index contributed by atoms with van der Waals surface area (Å²) >= 11 is 0. The quantitative estimate of drug-likeness (QED) is 0.538. The molecular weight excluding hydrogens is 240 g/mol. The molecule has 0 N–H and O–H groups in total. The molecule has 0 nitrogen and oxygen atoms in total. The number of hydrogen-bond donors (Lipinski definition) is 0. The van der Waals surface area contributed by atoms with Gasteiger partial charge in [-0.1, -0.05) is 58.7 Å². The molecule has 20 heavy (non-hydrogen) atoms. The van der Waals surface area contributed by atoms with Gasteiger partial charge in [-0.25, -0.2) is 0 Å². The first kappa shape index (κ1) is 12.1. The molecule has 0 heterocycles. The monoisotopic (exact) mass is 274 g/mol. The zero-order valence-corrected chi connectivity index (χ0v) is 13.8. The van der Waals surface area contributed by atoms with Gasteiger partial charge in [-0.3, -0.25) is 0 Å². The van der Waals surface area contributed by atoms with Gasteiger partial charge in [0.2, 0.25) is 0 Å². The third kappa shape index (κ3) is 2.11. The fraction of sp³-hybridized carbons (Fsp3) is 0.800. The Kier molecular flexibility index (Phi) is 2.87. The third-order valence-electron chi connectivity index (χ3n) is 6.62. The highest BCUT2D eigenvalue weighted by atomic mass is 14.6. The lowest BCUT2D eigenvalue weighted by molar-refractivity contribution is -0.0389. The molecule has 1 unspecified atom stereocenters. The molecule has 0 aromatic rings. The van der Waals surface area contributed by atoms with Crippen LogP contribution in [0.25, 0.3) is 0 Å². The summed E-state index contributed by atoms with van der Waals surface area (Å²) in [4.78, 5) is 0. The van der Waals surface area contributed by atoms with Gasteiger partial charge in [-0.05, 0) is 66.3 Å². The normalized spacial score (nSPS) is 42.9. The van der Waals surface area contributed by atoms with Crippen molar-refractivity contribution in [1.29, 1.82) is 0 Å². The second-order valence-corrected chi connectivity index (χ2v) is 8.44. The summed E-state index contributed by atoms with van der Waals surface area (Å²) in [6, 6.07) is 0.805. The van der Waals surface area contributed by atoms with E-state index in [0.29, 0.717) is 23.6 Å². The number of allylic oxidation sites excluding steroid dienone is 4. The van der Waals surface area contributed by atoms with Crippen LogP contribution in [0, 0.1) is 28.6 Å². The summed E-state index contributed by atoms with van der Waals surface area (Å²) in [5.74, 6) is 1.60. The van der Waals surface area contributed by atoms with Crippen molar-refractivity contribution in [3.63, 3.8) is 0 Å². The van der Waals surface area contributed by atoms with E-state index in [1.807, 2.05) is 0 Å². The van der Waals surface area contributed by atoms with Gasteiger partial charge in [0.05, 0.1) is 1.37 Å². The Balaban J connectivity index is 2.00. The van der Waals surface area contributed by atoms with E-state index in [9.17, 15) is 0 Å². The molecule has 0 aliphatic heterocycles. The summed E-state index contributed by atoms with van der Waals surface area (Å²) in [6.45, 7) is 9.98. The van der Waals surface area contributed by atoms with E-state index in [4.69, 9.17) is 2.74 Å². The van der Waals surface area contributed by atoms with Crippen molar-refractivity contribution in [2.24, 2.45) is 28.6 Å². The first-order valence-corrected chi connectivity index (χ1v) is 8.50. The van der Waals surface area contributed by atoms with Crippen molar-refractivity contribution in [3.05, 3.63) is 23.3 Å². The molecule has 3 aliphatic carbocycles. The van der Waals surface area contributed by atoms with Crippen molar-refractivity contribution in [2.45, 2.75) is 73.1 Å². The highest BCUT2D eigenvalue weighted by Crippen LogP contribution is 2.61. The Morgan fingerprint density at radius 2 is 2.15 bits per heavy atom. The summed E-state index contributed by atoms with van der Waals surface area (Å²) in [6.07, 6.45) is 9.84. The molecule has 3 rings (SSSR count). The van der Waals surface area contributed by atoms with Gasteiger partial charge in [-0.15, -0.1) is 0 Å². The molecule has 1 saturated carbocycles. The topological polar surface area (TPSA) is 0 Å². The predicted molar refractivity (Wildman–Crippen MR) is 87.6 cm³/mol. The summed E-state index contributed by atoms with van der Waals surface area (Å²) < 4.78 is 16.4. The molecule has 112 valence electrons. The Morgan fingerprint density at radius 3 is 2.90 bits per heavy atom. The molecule has 3 aliphatic rings. The summed E-state index contributed by atoms with van der Waals surface area (Å²) in [5, 5.41) is 0. The number of hydrogen-bond acceptors (Lipinski definition) is 0. The zero-order valence-electron chi connectivity index (χ0n) is 15.8. The maximum atomic E-state index is 8.71. The van der Waals surface area contributed by atoms with Crippen LogP contribution in [0.3, 0.4) is 0 Å². The van der Waals surface area contributed by atoms with Crippen LogP contribution in [0.2, 0.25) is 0 Å². The fourth-order valence-corrected chi connectivity index (χ4v) is 5.45. The summed E-state index contributed by atoms with van der Waals surface area (Å²) in [7, 11) is 0. The first-order valence-electron chi connectivity index (χ1n) is 9.71. The van der Waals surface area contributed by atoms with Crippen molar-refractivity contribution in [2.75, 3.05) is 0 Å². The van der Waals surface area contributed by atoms with Gasteiger partial charge in [0, 0.05) is 1.37 Å². The van der Waals surface area contributed by atoms with Crippen LogP contribution >= 0.6 is 0 Å². The second kappa shape index (κ2) is 4.75. The Morgan fingerprint density at radius 1 is 1.35 bits per heavy atom. The van der Waals surface area contributed by atoms with Crippen LogP contribution in [-0.2, 0) is 0 Å². The highest BCUT2D eigenvalue weighted by molar-refractivity contribution is 5.35.